The number of nitrogen functional groups attached to an aromatic ring is 1. The molecule has 0 aliphatic rings. The standard InChI is InChI=1S/C16H18N2OS/c1-11-6-12(2)8-14(7-11)18-16(19)10-20-15-5-3-4-13(17)9-15/h3-9H,10,17H2,1-2H3,(H,18,19). The van der Waals surface area contributed by atoms with E-state index >= 15 is 0 Å². The van der Waals surface area contributed by atoms with E-state index in [4.69, 9.17) is 5.73 Å². The van der Waals surface area contributed by atoms with Crippen LogP contribution in [0.3, 0.4) is 0 Å². The van der Waals surface area contributed by atoms with E-state index in [9.17, 15) is 4.79 Å². The van der Waals surface area contributed by atoms with Gasteiger partial charge in [0.15, 0.2) is 0 Å². The van der Waals surface area contributed by atoms with E-state index in [-0.39, 0.29) is 5.91 Å². The zero-order chi connectivity index (χ0) is 14.5. The normalized spacial score (nSPS) is 10.3. The molecule has 0 aliphatic heterocycles. The van der Waals surface area contributed by atoms with Gasteiger partial charge in [-0.25, -0.2) is 0 Å². The Bertz CT molecular complexity index is 605. The molecule has 2 aromatic carbocycles. The molecule has 3 nitrogen and oxygen atoms in total. The van der Waals surface area contributed by atoms with E-state index in [1.807, 2.05) is 50.2 Å². The van der Waals surface area contributed by atoms with E-state index in [0.29, 0.717) is 11.4 Å². The van der Waals surface area contributed by atoms with Crippen LogP contribution in [0.15, 0.2) is 47.4 Å². The van der Waals surface area contributed by atoms with Crippen LogP contribution in [0.5, 0.6) is 0 Å². The Morgan fingerprint density at radius 1 is 1.15 bits per heavy atom. The van der Waals surface area contributed by atoms with Crippen molar-refractivity contribution in [3.05, 3.63) is 53.6 Å². The zero-order valence-electron chi connectivity index (χ0n) is 11.6. The van der Waals surface area contributed by atoms with Gasteiger partial charge < -0.3 is 11.1 Å². The SMILES string of the molecule is Cc1cc(C)cc(NC(=O)CSc2cccc(N)c2)c1. The molecule has 0 spiro atoms. The molecule has 0 radical (unpaired) electrons. The van der Waals surface area contributed by atoms with Crippen LogP contribution in [-0.4, -0.2) is 11.7 Å². The minimum absolute atomic E-state index is 0.0116. The summed E-state index contributed by atoms with van der Waals surface area (Å²) in [5, 5.41) is 2.92. The summed E-state index contributed by atoms with van der Waals surface area (Å²) in [6.45, 7) is 4.04. The number of rotatable bonds is 4. The summed E-state index contributed by atoms with van der Waals surface area (Å²) in [6.07, 6.45) is 0. The smallest absolute Gasteiger partial charge is 0.234 e. The third-order valence-corrected chi connectivity index (χ3v) is 3.73. The Labute approximate surface area is 123 Å². The molecule has 0 saturated carbocycles. The maximum Gasteiger partial charge on any atom is 0.234 e. The van der Waals surface area contributed by atoms with Crippen molar-refractivity contribution in [2.75, 3.05) is 16.8 Å². The molecule has 2 aromatic rings. The monoisotopic (exact) mass is 286 g/mol. The van der Waals surface area contributed by atoms with E-state index < -0.39 is 0 Å². The summed E-state index contributed by atoms with van der Waals surface area (Å²) in [4.78, 5) is 12.9. The van der Waals surface area contributed by atoms with Crippen molar-refractivity contribution in [3.8, 4) is 0 Å². The number of carbonyl (C=O) groups excluding carboxylic acids is 1. The van der Waals surface area contributed by atoms with Gasteiger partial charge >= 0.3 is 0 Å². The molecule has 0 bridgehead atoms. The molecule has 104 valence electrons. The van der Waals surface area contributed by atoms with E-state index in [2.05, 4.69) is 11.4 Å². The lowest BCUT2D eigenvalue weighted by molar-refractivity contribution is -0.113. The molecule has 3 N–H and O–H groups in total. The number of amides is 1. The lowest BCUT2D eigenvalue weighted by atomic mass is 10.1. The number of hydrogen-bond acceptors (Lipinski definition) is 3. The average molecular weight is 286 g/mol. The Hall–Kier alpha value is -1.94. The quantitative estimate of drug-likeness (QED) is 0.667. The van der Waals surface area contributed by atoms with Crippen LogP contribution in [-0.2, 0) is 4.79 Å². The molecule has 0 saturated heterocycles. The lowest BCUT2D eigenvalue weighted by Gasteiger charge is -2.07. The third kappa shape index (κ3) is 4.31. The van der Waals surface area contributed by atoms with Crippen molar-refractivity contribution >= 4 is 29.0 Å². The Kier molecular flexibility index (Phi) is 4.69. The Morgan fingerprint density at radius 3 is 2.50 bits per heavy atom. The van der Waals surface area contributed by atoms with Gasteiger partial charge in [-0.15, -0.1) is 11.8 Å². The van der Waals surface area contributed by atoms with Gasteiger partial charge in [0.2, 0.25) is 5.91 Å². The second-order valence-corrected chi connectivity index (χ2v) is 5.83. The number of nitrogens with one attached hydrogen (secondary N) is 1. The second-order valence-electron chi connectivity index (χ2n) is 4.79. The van der Waals surface area contributed by atoms with Crippen LogP contribution in [0.1, 0.15) is 11.1 Å². The molecule has 0 atom stereocenters. The fourth-order valence-corrected chi connectivity index (χ4v) is 2.76. The molecule has 0 aromatic heterocycles. The van der Waals surface area contributed by atoms with Crippen LogP contribution in [0.2, 0.25) is 0 Å². The van der Waals surface area contributed by atoms with Crippen LogP contribution >= 0.6 is 11.8 Å². The highest BCUT2D eigenvalue weighted by Gasteiger charge is 2.05. The van der Waals surface area contributed by atoms with Crippen LogP contribution in [0.4, 0.5) is 11.4 Å². The van der Waals surface area contributed by atoms with Crippen molar-refractivity contribution < 1.29 is 4.79 Å². The number of aryl methyl sites for hydroxylation is 2. The Morgan fingerprint density at radius 2 is 1.85 bits per heavy atom. The molecule has 0 unspecified atom stereocenters. The number of thioether (sulfide) groups is 1. The van der Waals surface area contributed by atoms with Crippen molar-refractivity contribution in [2.24, 2.45) is 0 Å². The van der Waals surface area contributed by atoms with Crippen LogP contribution in [0, 0.1) is 13.8 Å². The van der Waals surface area contributed by atoms with E-state index in [0.717, 1.165) is 21.7 Å². The summed E-state index contributed by atoms with van der Waals surface area (Å²) in [5.74, 6) is 0.360. The summed E-state index contributed by atoms with van der Waals surface area (Å²) in [6, 6.07) is 13.6. The largest absolute Gasteiger partial charge is 0.399 e. The number of anilines is 2. The van der Waals surface area contributed by atoms with Crippen LogP contribution < -0.4 is 11.1 Å². The summed E-state index contributed by atoms with van der Waals surface area (Å²) >= 11 is 1.48. The first-order chi connectivity index (χ1) is 9.52. The van der Waals surface area contributed by atoms with E-state index in [1.54, 1.807) is 0 Å². The molecule has 0 aliphatic carbocycles. The molecule has 20 heavy (non-hydrogen) atoms. The van der Waals surface area contributed by atoms with Gasteiger partial charge in [-0.1, -0.05) is 12.1 Å². The summed E-state index contributed by atoms with van der Waals surface area (Å²) in [7, 11) is 0. The highest BCUT2D eigenvalue weighted by Crippen LogP contribution is 2.20. The van der Waals surface area contributed by atoms with Gasteiger partial charge in [0.25, 0.3) is 0 Å². The van der Waals surface area contributed by atoms with Gasteiger partial charge in [-0.3, -0.25) is 4.79 Å². The number of nitrogens with two attached hydrogens (primary N) is 1. The first-order valence-corrected chi connectivity index (χ1v) is 7.38. The van der Waals surface area contributed by atoms with Gasteiger partial charge in [0.05, 0.1) is 5.75 Å². The first kappa shape index (κ1) is 14.5. The maximum atomic E-state index is 11.9. The second kappa shape index (κ2) is 6.48. The minimum atomic E-state index is -0.0116. The van der Waals surface area contributed by atoms with E-state index in [1.165, 1.54) is 11.8 Å². The molecule has 0 heterocycles. The van der Waals surface area contributed by atoms with Crippen molar-refractivity contribution in [2.45, 2.75) is 18.7 Å². The van der Waals surface area contributed by atoms with Crippen LogP contribution in [0.25, 0.3) is 0 Å². The maximum absolute atomic E-state index is 11.9. The minimum Gasteiger partial charge on any atom is -0.399 e. The summed E-state index contributed by atoms with van der Waals surface area (Å²) < 4.78 is 0. The number of carbonyl (C=O) groups is 1. The molecule has 2 rings (SSSR count). The highest BCUT2D eigenvalue weighted by molar-refractivity contribution is 8.00. The molecular weight excluding hydrogens is 268 g/mol. The highest BCUT2D eigenvalue weighted by atomic mass is 32.2. The van der Waals surface area contributed by atoms with Crippen molar-refractivity contribution in [1.29, 1.82) is 0 Å². The molecule has 1 amide bonds. The molecule has 4 heteroatoms. The molecule has 0 fully saturated rings. The fourth-order valence-electron chi connectivity index (χ4n) is 2.00. The van der Waals surface area contributed by atoms with Crippen molar-refractivity contribution in [1.82, 2.24) is 0 Å². The number of hydrogen-bond donors (Lipinski definition) is 2. The fraction of sp³-hybridized carbons (Fsp3) is 0.188. The lowest BCUT2D eigenvalue weighted by Crippen LogP contribution is -2.14. The third-order valence-electron chi connectivity index (χ3n) is 2.73. The predicted octanol–water partition coefficient (Wildman–Crippen LogP) is 3.62. The zero-order valence-corrected chi connectivity index (χ0v) is 12.5. The first-order valence-electron chi connectivity index (χ1n) is 6.39. The topological polar surface area (TPSA) is 55.1 Å². The van der Waals surface area contributed by atoms with Gasteiger partial charge in [0, 0.05) is 16.3 Å². The summed E-state index contributed by atoms with van der Waals surface area (Å²) in [5.41, 5.74) is 9.55. The molecular formula is C16H18N2OS. The van der Waals surface area contributed by atoms with Crippen molar-refractivity contribution in [3.63, 3.8) is 0 Å². The van der Waals surface area contributed by atoms with Gasteiger partial charge in [-0.05, 0) is 55.3 Å². The Balaban J connectivity index is 1.92. The van der Waals surface area contributed by atoms with Gasteiger partial charge in [-0.2, -0.15) is 0 Å². The average Bonchev–Trinajstić information content (AvgIpc) is 2.35. The van der Waals surface area contributed by atoms with Gasteiger partial charge in [0.1, 0.15) is 0 Å². The number of benzene rings is 2. The predicted molar refractivity (Wildman–Crippen MR) is 86.1 cm³/mol.